The second kappa shape index (κ2) is 4.85. The van der Waals surface area contributed by atoms with E-state index in [1.165, 1.54) is 17.8 Å². The normalized spacial score (nSPS) is 10.5. The van der Waals surface area contributed by atoms with Crippen LogP contribution >= 0.6 is 23.4 Å². The van der Waals surface area contributed by atoms with Gasteiger partial charge in [0.05, 0.1) is 16.7 Å². The fourth-order valence-electron chi connectivity index (χ4n) is 1.35. The minimum absolute atomic E-state index is 0.236. The molecule has 1 heterocycles. The number of benzene rings is 1. The molecule has 1 N–H and O–H groups in total. The zero-order valence-corrected chi connectivity index (χ0v) is 10.5. The van der Waals surface area contributed by atoms with Crippen molar-refractivity contribution in [2.75, 3.05) is 0 Å². The van der Waals surface area contributed by atoms with Crippen LogP contribution in [0.4, 0.5) is 0 Å². The third kappa shape index (κ3) is 2.65. The number of carboxylic acids is 1. The van der Waals surface area contributed by atoms with E-state index in [0.717, 1.165) is 10.7 Å². The number of aryl methyl sites for hydroxylation is 1. The first-order valence-corrected chi connectivity index (χ1v) is 6.02. The summed E-state index contributed by atoms with van der Waals surface area (Å²) in [5.41, 5.74) is 0.236. The zero-order chi connectivity index (χ0) is 12.4. The summed E-state index contributed by atoms with van der Waals surface area (Å²) in [5, 5.41) is 9.59. The van der Waals surface area contributed by atoms with Gasteiger partial charge in [-0.25, -0.2) is 4.79 Å². The fourth-order valence-corrected chi connectivity index (χ4v) is 2.60. The Hall–Kier alpha value is -1.39. The second-order valence-corrected chi connectivity index (χ2v) is 4.91. The molecule has 0 aliphatic carbocycles. The number of rotatable bonds is 3. The summed E-state index contributed by atoms with van der Waals surface area (Å²) < 4.78 is 5.17. The maximum Gasteiger partial charge on any atom is 0.336 e. The molecule has 0 aliphatic heterocycles. The first kappa shape index (κ1) is 12.1. The van der Waals surface area contributed by atoms with Crippen LogP contribution in [0.5, 0.6) is 0 Å². The van der Waals surface area contributed by atoms with Gasteiger partial charge in [-0.05, 0) is 31.2 Å². The molecule has 0 amide bonds. The molecule has 5 heteroatoms. The van der Waals surface area contributed by atoms with Gasteiger partial charge in [0.1, 0.15) is 5.76 Å². The maximum absolute atomic E-state index is 11.1. The Morgan fingerprint density at radius 2 is 2.12 bits per heavy atom. The van der Waals surface area contributed by atoms with Crippen molar-refractivity contribution in [2.45, 2.75) is 16.7 Å². The highest BCUT2D eigenvalue weighted by Crippen LogP contribution is 2.34. The van der Waals surface area contributed by atoms with Crippen molar-refractivity contribution in [3.05, 3.63) is 46.9 Å². The Morgan fingerprint density at radius 1 is 1.35 bits per heavy atom. The highest BCUT2D eigenvalue weighted by atomic mass is 35.5. The predicted octanol–water partition coefficient (Wildman–Crippen LogP) is 4.09. The molecule has 0 bridgehead atoms. The number of carbonyl (C=O) groups is 1. The summed E-state index contributed by atoms with van der Waals surface area (Å²) >= 11 is 7.20. The molecule has 0 saturated carbocycles. The molecule has 0 unspecified atom stereocenters. The summed E-state index contributed by atoms with van der Waals surface area (Å²) in [4.78, 5) is 12.6. The van der Waals surface area contributed by atoms with E-state index in [2.05, 4.69) is 0 Å². The van der Waals surface area contributed by atoms with Crippen molar-refractivity contribution in [1.82, 2.24) is 0 Å². The summed E-state index contributed by atoms with van der Waals surface area (Å²) in [7, 11) is 0. The van der Waals surface area contributed by atoms with Gasteiger partial charge < -0.3 is 9.52 Å². The molecule has 1 aromatic carbocycles. The summed E-state index contributed by atoms with van der Waals surface area (Å²) in [5.74, 6) is -0.211. The van der Waals surface area contributed by atoms with E-state index in [1.807, 2.05) is 6.92 Å². The van der Waals surface area contributed by atoms with E-state index in [9.17, 15) is 4.79 Å². The average molecular weight is 269 g/mol. The molecular formula is C12H9ClO3S. The first-order chi connectivity index (χ1) is 8.08. The van der Waals surface area contributed by atoms with Crippen molar-refractivity contribution >= 4 is 29.3 Å². The Labute approximate surface area is 107 Å². The Kier molecular flexibility index (Phi) is 3.45. The van der Waals surface area contributed by atoms with Crippen LogP contribution in [0.15, 0.2) is 44.7 Å². The molecule has 0 aliphatic rings. The molecule has 2 rings (SSSR count). The third-order valence-electron chi connectivity index (χ3n) is 2.21. The molecule has 17 heavy (non-hydrogen) atoms. The SMILES string of the molecule is Cc1occc1Sc1cc(Cl)ccc1C(=O)O. The van der Waals surface area contributed by atoms with E-state index in [4.69, 9.17) is 21.1 Å². The minimum atomic E-state index is -0.967. The lowest BCUT2D eigenvalue weighted by Crippen LogP contribution is -1.98. The Balaban J connectivity index is 2.41. The quantitative estimate of drug-likeness (QED) is 0.911. The second-order valence-electron chi connectivity index (χ2n) is 3.39. The van der Waals surface area contributed by atoms with Crippen LogP contribution in [0.25, 0.3) is 0 Å². The minimum Gasteiger partial charge on any atom is -0.478 e. The molecule has 0 radical (unpaired) electrons. The lowest BCUT2D eigenvalue weighted by atomic mass is 10.2. The first-order valence-electron chi connectivity index (χ1n) is 4.82. The van der Waals surface area contributed by atoms with Crippen molar-refractivity contribution in [3.63, 3.8) is 0 Å². The van der Waals surface area contributed by atoms with Crippen molar-refractivity contribution in [3.8, 4) is 0 Å². The smallest absolute Gasteiger partial charge is 0.336 e. The molecule has 0 atom stereocenters. The average Bonchev–Trinajstić information content (AvgIpc) is 2.64. The number of hydrogen-bond acceptors (Lipinski definition) is 3. The summed E-state index contributed by atoms with van der Waals surface area (Å²) in [6, 6.07) is 6.51. The summed E-state index contributed by atoms with van der Waals surface area (Å²) in [6.45, 7) is 1.83. The number of hydrogen-bond donors (Lipinski definition) is 1. The van der Waals surface area contributed by atoms with Gasteiger partial charge in [0.15, 0.2) is 0 Å². The van der Waals surface area contributed by atoms with Gasteiger partial charge in [0.2, 0.25) is 0 Å². The van der Waals surface area contributed by atoms with Gasteiger partial charge in [-0.2, -0.15) is 0 Å². The highest BCUT2D eigenvalue weighted by Gasteiger charge is 2.13. The molecule has 88 valence electrons. The van der Waals surface area contributed by atoms with Crippen molar-refractivity contribution in [1.29, 1.82) is 0 Å². The van der Waals surface area contributed by atoms with Crippen LogP contribution in [0, 0.1) is 6.92 Å². The van der Waals surface area contributed by atoms with E-state index >= 15 is 0 Å². The van der Waals surface area contributed by atoms with Gasteiger partial charge in [0, 0.05) is 9.92 Å². The number of aromatic carboxylic acids is 1. The van der Waals surface area contributed by atoms with E-state index in [1.54, 1.807) is 24.5 Å². The van der Waals surface area contributed by atoms with Crippen LogP contribution in [0.2, 0.25) is 5.02 Å². The van der Waals surface area contributed by atoms with E-state index < -0.39 is 5.97 Å². The standard InChI is InChI=1S/C12H9ClO3S/c1-7-10(4-5-16-7)17-11-6-8(13)2-3-9(11)12(14)15/h2-6H,1H3,(H,14,15). The number of carboxylic acid groups (broad SMARTS) is 1. The Bertz CT molecular complexity index is 563. The molecule has 0 spiro atoms. The molecule has 0 saturated heterocycles. The monoisotopic (exact) mass is 268 g/mol. The predicted molar refractivity (Wildman–Crippen MR) is 66.0 cm³/mol. The van der Waals surface area contributed by atoms with Crippen molar-refractivity contribution in [2.24, 2.45) is 0 Å². The van der Waals surface area contributed by atoms with Crippen molar-refractivity contribution < 1.29 is 14.3 Å². The van der Waals surface area contributed by atoms with Crippen LogP contribution in [-0.4, -0.2) is 11.1 Å². The number of halogens is 1. The van der Waals surface area contributed by atoms with E-state index in [-0.39, 0.29) is 5.56 Å². The fraction of sp³-hybridized carbons (Fsp3) is 0.0833. The molecule has 3 nitrogen and oxygen atoms in total. The van der Waals surface area contributed by atoms with Gasteiger partial charge in [0.25, 0.3) is 0 Å². The Morgan fingerprint density at radius 3 is 2.71 bits per heavy atom. The van der Waals surface area contributed by atoms with Crippen LogP contribution in [0.3, 0.4) is 0 Å². The van der Waals surface area contributed by atoms with E-state index in [0.29, 0.717) is 9.92 Å². The van der Waals surface area contributed by atoms with Gasteiger partial charge in [-0.3, -0.25) is 0 Å². The van der Waals surface area contributed by atoms with Gasteiger partial charge in [-0.15, -0.1) is 0 Å². The number of furan rings is 1. The lowest BCUT2D eigenvalue weighted by molar-refractivity contribution is 0.0693. The van der Waals surface area contributed by atoms with Gasteiger partial charge in [-0.1, -0.05) is 23.4 Å². The summed E-state index contributed by atoms with van der Waals surface area (Å²) in [6.07, 6.45) is 1.57. The topological polar surface area (TPSA) is 50.4 Å². The maximum atomic E-state index is 11.1. The molecular weight excluding hydrogens is 260 g/mol. The molecule has 0 fully saturated rings. The van der Waals surface area contributed by atoms with Crippen LogP contribution < -0.4 is 0 Å². The lowest BCUT2D eigenvalue weighted by Gasteiger charge is -2.05. The molecule has 1 aromatic heterocycles. The van der Waals surface area contributed by atoms with Crippen LogP contribution in [-0.2, 0) is 0 Å². The van der Waals surface area contributed by atoms with Gasteiger partial charge >= 0.3 is 5.97 Å². The zero-order valence-electron chi connectivity index (χ0n) is 8.94. The van der Waals surface area contributed by atoms with Crippen LogP contribution in [0.1, 0.15) is 16.1 Å². The molecule has 2 aromatic rings. The largest absolute Gasteiger partial charge is 0.478 e. The third-order valence-corrected chi connectivity index (χ3v) is 3.64. The highest BCUT2D eigenvalue weighted by molar-refractivity contribution is 7.99.